The van der Waals surface area contributed by atoms with Gasteiger partial charge in [-0.25, -0.2) is 0 Å². The Morgan fingerprint density at radius 1 is 0.920 bits per heavy atom. The summed E-state index contributed by atoms with van der Waals surface area (Å²) in [5.74, 6) is 1.77. The van der Waals surface area contributed by atoms with Crippen LogP contribution in [-0.2, 0) is 12.8 Å². The van der Waals surface area contributed by atoms with Crippen LogP contribution in [0.1, 0.15) is 30.9 Å². The molecule has 0 heterocycles. The Bertz CT molecular complexity index is 621. The smallest absolute Gasteiger partial charge is 0.119 e. The summed E-state index contributed by atoms with van der Waals surface area (Å²) in [5, 5.41) is 9.19. The van der Waals surface area contributed by atoms with Gasteiger partial charge in [0.05, 0.1) is 20.3 Å². The topological polar surface area (TPSA) is 64.7 Å². The molecule has 4 heteroatoms. The van der Waals surface area contributed by atoms with Gasteiger partial charge in [0.1, 0.15) is 11.5 Å². The summed E-state index contributed by atoms with van der Waals surface area (Å²) in [7, 11) is 1.68. The van der Waals surface area contributed by atoms with Gasteiger partial charge in [-0.05, 0) is 68.0 Å². The van der Waals surface area contributed by atoms with Crippen molar-refractivity contribution in [1.29, 1.82) is 0 Å². The molecule has 2 rings (SSSR count). The zero-order valence-corrected chi connectivity index (χ0v) is 15.2. The van der Waals surface area contributed by atoms with Crippen LogP contribution in [0.5, 0.6) is 11.5 Å². The molecule has 2 aromatic rings. The van der Waals surface area contributed by atoms with E-state index >= 15 is 0 Å². The highest BCUT2D eigenvalue weighted by molar-refractivity contribution is 5.28. The minimum absolute atomic E-state index is 0.00237. The summed E-state index contributed by atoms with van der Waals surface area (Å²) in [4.78, 5) is 0. The predicted octanol–water partition coefficient (Wildman–Crippen LogP) is 3.35. The molecule has 2 aromatic carbocycles. The molecule has 0 aromatic heterocycles. The SMILES string of the molecule is COc1ccc(CCCOc2ccc(CC[C@@](C)(N)CO)cc2)cc1. The zero-order chi connectivity index (χ0) is 18.1. The highest BCUT2D eigenvalue weighted by atomic mass is 16.5. The van der Waals surface area contributed by atoms with Gasteiger partial charge < -0.3 is 20.3 Å². The first-order chi connectivity index (χ1) is 12.0. The number of aryl methyl sites for hydroxylation is 2. The Morgan fingerprint density at radius 2 is 1.48 bits per heavy atom. The number of nitrogens with two attached hydrogens (primary N) is 1. The lowest BCUT2D eigenvalue weighted by Gasteiger charge is -2.21. The summed E-state index contributed by atoms with van der Waals surface area (Å²) in [6, 6.07) is 16.3. The molecule has 136 valence electrons. The van der Waals surface area contributed by atoms with Crippen molar-refractivity contribution in [3.05, 3.63) is 59.7 Å². The standard InChI is InChI=1S/C21H29NO3/c1-21(22,16-23)14-13-18-7-11-20(12-8-18)25-15-3-4-17-5-9-19(24-2)10-6-17/h5-12,23H,3-4,13-16,22H2,1-2H3/t21-/m1/s1. The fraction of sp³-hybridized carbons (Fsp3) is 0.429. The largest absolute Gasteiger partial charge is 0.497 e. The van der Waals surface area contributed by atoms with Crippen molar-refractivity contribution >= 4 is 0 Å². The molecule has 0 aliphatic heterocycles. The van der Waals surface area contributed by atoms with Gasteiger partial charge in [0.15, 0.2) is 0 Å². The number of benzene rings is 2. The van der Waals surface area contributed by atoms with Crippen LogP contribution in [0.25, 0.3) is 0 Å². The molecule has 4 nitrogen and oxygen atoms in total. The Hall–Kier alpha value is -2.04. The van der Waals surface area contributed by atoms with E-state index in [4.69, 9.17) is 15.2 Å². The third-order valence-electron chi connectivity index (χ3n) is 4.31. The lowest BCUT2D eigenvalue weighted by Crippen LogP contribution is -2.40. The number of rotatable bonds is 10. The summed E-state index contributed by atoms with van der Waals surface area (Å²) in [6.07, 6.45) is 3.56. The summed E-state index contributed by atoms with van der Waals surface area (Å²) in [6.45, 7) is 2.56. The summed E-state index contributed by atoms with van der Waals surface area (Å²) in [5.41, 5.74) is 7.93. The Labute approximate surface area is 150 Å². The lowest BCUT2D eigenvalue weighted by molar-refractivity contribution is 0.200. The molecular weight excluding hydrogens is 314 g/mol. The van der Waals surface area contributed by atoms with E-state index < -0.39 is 5.54 Å². The first-order valence-corrected chi connectivity index (χ1v) is 8.77. The second-order valence-electron chi connectivity index (χ2n) is 6.76. The number of aliphatic hydroxyl groups excluding tert-OH is 1. The second-order valence-corrected chi connectivity index (χ2v) is 6.76. The highest BCUT2D eigenvalue weighted by Crippen LogP contribution is 2.17. The third kappa shape index (κ3) is 6.77. The van der Waals surface area contributed by atoms with Gasteiger partial charge in [-0.15, -0.1) is 0 Å². The molecule has 0 saturated heterocycles. The van der Waals surface area contributed by atoms with Crippen LogP contribution in [0, 0.1) is 0 Å². The molecule has 0 saturated carbocycles. The number of hydrogen-bond donors (Lipinski definition) is 2. The van der Waals surface area contributed by atoms with Gasteiger partial charge >= 0.3 is 0 Å². The van der Waals surface area contributed by atoms with Gasteiger partial charge in [0.2, 0.25) is 0 Å². The van der Waals surface area contributed by atoms with Crippen molar-refractivity contribution in [2.75, 3.05) is 20.3 Å². The molecule has 0 amide bonds. The molecule has 0 aliphatic carbocycles. The zero-order valence-electron chi connectivity index (χ0n) is 15.2. The van der Waals surface area contributed by atoms with E-state index in [2.05, 4.69) is 24.3 Å². The molecule has 1 atom stereocenters. The minimum atomic E-state index is -0.517. The normalized spacial score (nSPS) is 13.3. The molecule has 0 spiro atoms. The van der Waals surface area contributed by atoms with Crippen molar-refractivity contribution in [2.24, 2.45) is 5.73 Å². The van der Waals surface area contributed by atoms with Crippen LogP contribution in [0.2, 0.25) is 0 Å². The molecule has 0 aliphatic rings. The van der Waals surface area contributed by atoms with Crippen LogP contribution < -0.4 is 15.2 Å². The van der Waals surface area contributed by atoms with Crippen molar-refractivity contribution in [3.8, 4) is 11.5 Å². The molecule has 0 radical (unpaired) electrons. The number of hydrogen-bond acceptors (Lipinski definition) is 4. The van der Waals surface area contributed by atoms with E-state index in [0.29, 0.717) is 6.61 Å². The van der Waals surface area contributed by atoms with E-state index in [0.717, 1.165) is 37.2 Å². The fourth-order valence-corrected chi connectivity index (χ4v) is 2.52. The highest BCUT2D eigenvalue weighted by Gasteiger charge is 2.16. The quantitative estimate of drug-likeness (QED) is 0.649. The third-order valence-corrected chi connectivity index (χ3v) is 4.31. The van der Waals surface area contributed by atoms with Gasteiger partial charge in [0.25, 0.3) is 0 Å². The maximum Gasteiger partial charge on any atom is 0.119 e. The predicted molar refractivity (Wildman–Crippen MR) is 101 cm³/mol. The average molecular weight is 343 g/mol. The van der Waals surface area contributed by atoms with Gasteiger partial charge in [-0.3, -0.25) is 0 Å². The average Bonchev–Trinajstić information content (AvgIpc) is 2.65. The Balaban J connectivity index is 1.70. The number of ether oxygens (including phenoxy) is 2. The number of methoxy groups -OCH3 is 1. The Kier molecular flexibility index (Phi) is 7.29. The van der Waals surface area contributed by atoms with Crippen molar-refractivity contribution in [3.63, 3.8) is 0 Å². The van der Waals surface area contributed by atoms with Crippen LogP contribution in [0.3, 0.4) is 0 Å². The van der Waals surface area contributed by atoms with Gasteiger partial charge in [-0.2, -0.15) is 0 Å². The van der Waals surface area contributed by atoms with Crippen LogP contribution >= 0.6 is 0 Å². The summed E-state index contributed by atoms with van der Waals surface area (Å²) >= 11 is 0. The van der Waals surface area contributed by atoms with E-state index in [1.807, 2.05) is 31.2 Å². The van der Waals surface area contributed by atoms with Gasteiger partial charge in [-0.1, -0.05) is 24.3 Å². The first kappa shape index (κ1) is 19.3. The molecule has 0 bridgehead atoms. The lowest BCUT2D eigenvalue weighted by atomic mass is 9.95. The maximum atomic E-state index is 9.19. The van der Waals surface area contributed by atoms with Crippen LogP contribution in [0.4, 0.5) is 0 Å². The fourth-order valence-electron chi connectivity index (χ4n) is 2.52. The molecule has 0 fully saturated rings. The van der Waals surface area contributed by atoms with Crippen molar-refractivity contribution in [2.45, 2.75) is 38.1 Å². The van der Waals surface area contributed by atoms with Crippen molar-refractivity contribution < 1.29 is 14.6 Å². The molecular formula is C21H29NO3. The monoisotopic (exact) mass is 343 g/mol. The van der Waals surface area contributed by atoms with Crippen LogP contribution in [0.15, 0.2) is 48.5 Å². The number of aliphatic hydroxyl groups is 1. The molecule has 0 unspecified atom stereocenters. The van der Waals surface area contributed by atoms with Crippen molar-refractivity contribution in [1.82, 2.24) is 0 Å². The minimum Gasteiger partial charge on any atom is -0.497 e. The van der Waals surface area contributed by atoms with E-state index in [1.165, 1.54) is 11.1 Å². The van der Waals surface area contributed by atoms with E-state index in [9.17, 15) is 5.11 Å². The maximum absolute atomic E-state index is 9.19. The van der Waals surface area contributed by atoms with E-state index in [-0.39, 0.29) is 6.61 Å². The second kappa shape index (κ2) is 9.44. The summed E-state index contributed by atoms with van der Waals surface area (Å²) < 4.78 is 11.0. The molecule has 25 heavy (non-hydrogen) atoms. The first-order valence-electron chi connectivity index (χ1n) is 8.77. The van der Waals surface area contributed by atoms with E-state index in [1.54, 1.807) is 7.11 Å². The Morgan fingerprint density at radius 3 is 2.04 bits per heavy atom. The van der Waals surface area contributed by atoms with Gasteiger partial charge in [0, 0.05) is 5.54 Å². The molecule has 3 N–H and O–H groups in total. The van der Waals surface area contributed by atoms with Crippen LogP contribution in [-0.4, -0.2) is 31.0 Å².